The first-order chi connectivity index (χ1) is 9.86. The zero-order valence-corrected chi connectivity index (χ0v) is 13.3. The van der Waals surface area contributed by atoms with Gasteiger partial charge in [-0.2, -0.15) is 0 Å². The Hall–Kier alpha value is -1.84. The number of hydrogen-bond acceptors (Lipinski definition) is 4. The lowest BCUT2D eigenvalue weighted by molar-refractivity contribution is -0.119. The smallest absolute Gasteiger partial charge is 0.264 e. The molecule has 1 aromatic rings. The summed E-state index contributed by atoms with van der Waals surface area (Å²) in [4.78, 5) is 26.3. The number of carbonyl (C=O) groups excluding carboxylic acids is 2. The molecule has 114 valence electrons. The number of carbonyl (C=O) groups is 2. The molecule has 0 saturated heterocycles. The maximum Gasteiger partial charge on any atom is 0.264 e. The van der Waals surface area contributed by atoms with Crippen LogP contribution in [0.2, 0.25) is 0 Å². The van der Waals surface area contributed by atoms with E-state index in [9.17, 15) is 9.59 Å². The molecule has 5 nitrogen and oxygen atoms in total. The van der Waals surface area contributed by atoms with Crippen LogP contribution in [0.3, 0.4) is 0 Å². The van der Waals surface area contributed by atoms with Crippen molar-refractivity contribution in [3.63, 3.8) is 0 Å². The molecule has 3 N–H and O–H groups in total. The standard InChI is InChI=1S/C15H20N2O3S/c1-10(2)17(9-14(16)19)15(20)13-8-11(3)12(21-13)6-4-5-7-18/h8,10,18H,5,7,9H2,1-3H3,(H2,16,19). The first-order valence-corrected chi connectivity index (χ1v) is 7.48. The second kappa shape index (κ2) is 7.81. The van der Waals surface area contributed by atoms with Crippen LogP contribution >= 0.6 is 11.3 Å². The number of aliphatic hydroxyl groups excluding tert-OH is 1. The van der Waals surface area contributed by atoms with E-state index < -0.39 is 5.91 Å². The lowest BCUT2D eigenvalue weighted by atomic mass is 10.2. The number of rotatable bonds is 5. The molecule has 0 aromatic carbocycles. The summed E-state index contributed by atoms with van der Waals surface area (Å²) in [5, 5.41) is 8.72. The molecule has 0 radical (unpaired) electrons. The van der Waals surface area contributed by atoms with Gasteiger partial charge in [0.05, 0.1) is 22.9 Å². The van der Waals surface area contributed by atoms with E-state index in [-0.39, 0.29) is 25.1 Å². The van der Waals surface area contributed by atoms with Crippen molar-refractivity contribution in [2.75, 3.05) is 13.2 Å². The van der Waals surface area contributed by atoms with Crippen LogP contribution in [0.25, 0.3) is 0 Å². The van der Waals surface area contributed by atoms with Crippen LogP contribution < -0.4 is 5.73 Å². The molecule has 0 aliphatic rings. The fourth-order valence-electron chi connectivity index (χ4n) is 1.71. The molecule has 1 aromatic heterocycles. The van der Waals surface area contributed by atoms with Gasteiger partial charge >= 0.3 is 0 Å². The second-order valence-corrected chi connectivity index (χ2v) is 5.94. The van der Waals surface area contributed by atoms with Crippen molar-refractivity contribution in [2.24, 2.45) is 5.73 Å². The molecular weight excluding hydrogens is 288 g/mol. The molecule has 0 aliphatic carbocycles. The third-order valence-corrected chi connectivity index (χ3v) is 3.92. The number of amides is 2. The number of nitrogens with two attached hydrogens (primary N) is 1. The van der Waals surface area contributed by atoms with E-state index in [0.29, 0.717) is 11.3 Å². The van der Waals surface area contributed by atoms with Crippen molar-refractivity contribution in [2.45, 2.75) is 33.2 Å². The van der Waals surface area contributed by atoms with E-state index in [1.54, 1.807) is 6.07 Å². The summed E-state index contributed by atoms with van der Waals surface area (Å²) in [7, 11) is 0. The maximum atomic E-state index is 12.5. The van der Waals surface area contributed by atoms with E-state index in [1.807, 2.05) is 20.8 Å². The Morgan fingerprint density at radius 3 is 2.67 bits per heavy atom. The van der Waals surface area contributed by atoms with E-state index in [0.717, 1.165) is 10.4 Å². The molecule has 0 saturated carbocycles. The number of aryl methyl sites for hydroxylation is 1. The number of hydrogen-bond donors (Lipinski definition) is 2. The zero-order valence-electron chi connectivity index (χ0n) is 12.5. The molecule has 0 unspecified atom stereocenters. The minimum atomic E-state index is -0.534. The van der Waals surface area contributed by atoms with Gasteiger partial charge in [-0.3, -0.25) is 9.59 Å². The van der Waals surface area contributed by atoms with Gasteiger partial charge in [-0.15, -0.1) is 11.3 Å². The fraction of sp³-hybridized carbons (Fsp3) is 0.467. The third kappa shape index (κ3) is 4.88. The van der Waals surface area contributed by atoms with Crippen LogP contribution in [-0.2, 0) is 4.79 Å². The van der Waals surface area contributed by atoms with E-state index in [4.69, 9.17) is 10.8 Å². The first-order valence-electron chi connectivity index (χ1n) is 6.66. The van der Waals surface area contributed by atoms with Crippen molar-refractivity contribution < 1.29 is 14.7 Å². The Kier molecular flexibility index (Phi) is 6.40. The maximum absolute atomic E-state index is 12.5. The summed E-state index contributed by atoms with van der Waals surface area (Å²) < 4.78 is 0. The summed E-state index contributed by atoms with van der Waals surface area (Å²) >= 11 is 1.29. The summed E-state index contributed by atoms with van der Waals surface area (Å²) in [5.41, 5.74) is 6.10. The lowest BCUT2D eigenvalue weighted by Crippen LogP contribution is -2.42. The van der Waals surface area contributed by atoms with Crippen molar-refractivity contribution in [3.8, 4) is 11.8 Å². The molecule has 1 rings (SSSR count). The largest absolute Gasteiger partial charge is 0.395 e. The Balaban J connectivity index is 2.99. The van der Waals surface area contributed by atoms with Gasteiger partial charge in [0.25, 0.3) is 5.91 Å². The van der Waals surface area contributed by atoms with Crippen molar-refractivity contribution in [1.29, 1.82) is 0 Å². The molecule has 6 heteroatoms. The van der Waals surface area contributed by atoms with Gasteiger partial charge in [-0.1, -0.05) is 11.8 Å². The summed E-state index contributed by atoms with van der Waals surface area (Å²) in [5.74, 6) is 5.03. The van der Waals surface area contributed by atoms with Gasteiger partial charge in [0, 0.05) is 12.5 Å². The van der Waals surface area contributed by atoms with Crippen LogP contribution in [0.1, 0.15) is 40.4 Å². The van der Waals surface area contributed by atoms with Gasteiger partial charge in [-0.05, 0) is 32.4 Å². The van der Waals surface area contributed by atoms with E-state index in [2.05, 4.69) is 11.8 Å². The van der Waals surface area contributed by atoms with E-state index >= 15 is 0 Å². The average molecular weight is 308 g/mol. The fourth-order valence-corrected chi connectivity index (χ4v) is 2.71. The normalized spacial score (nSPS) is 10.1. The predicted molar refractivity (Wildman–Crippen MR) is 83.0 cm³/mol. The number of primary amides is 1. The number of thiophene rings is 1. The number of aliphatic hydroxyl groups is 1. The number of nitrogens with zero attached hydrogens (tertiary/aromatic N) is 1. The Morgan fingerprint density at radius 1 is 1.48 bits per heavy atom. The van der Waals surface area contributed by atoms with Crippen LogP contribution in [-0.4, -0.2) is 41.0 Å². The molecule has 0 aliphatic heterocycles. The second-order valence-electron chi connectivity index (χ2n) is 4.89. The summed E-state index contributed by atoms with van der Waals surface area (Å²) in [6.07, 6.45) is 0.403. The summed E-state index contributed by atoms with van der Waals surface area (Å²) in [6.45, 7) is 5.47. The predicted octanol–water partition coefficient (Wildman–Crippen LogP) is 1.13. The Morgan fingerprint density at radius 2 is 2.14 bits per heavy atom. The molecule has 21 heavy (non-hydrogen) atoms. The molecule has 0 bridgehead atoms. The Bertz CT molecular complexity index is 581. The molecule has 0 fully saturated rings. The molecule has 0 atom stereocenters. The topological polar surface area (TPSA) is 83.6 Å². The molecule has 1 heterocycles. The first kappa shape index (κ1) is 17.2. The van der Waals surface area contributed by atoms with Gasteiger partial charge in [-0.25, -0.2) is 0 Å². The molecule has 2 amide bonds. The quantitative estimate of drug-likeness (QED) is 0.800. The van der Waals surface area contributed by atoms with Crippen molar-refractivity contribution >= 4 is 23.2 Å². The van der Waals surface area contributed by atoms with Gasteiger partial charge in [0.1, 0.15) is 0 Å². The zero-order chi connectivity index (χ0) is 16.0. The Labute approximate surface area is 128 Å². The highest BCUT2D eigenvalue weighted by molar-refractivity contribution is 7.14. The average Bonchev–Trinajstić information content (AvgIpc) is 2.77. The van der Waals surface area contributed by atoms with E-state index in [1.165, 1.54) is 16.2 Å². The van der Waals surface area contributed by atoms with Crippen molar-refractivity contribution in [3.05, 3.63) is 21.4 Å². The summed E-state index contributed by atoms with van der Waals surface area (Å²) in [6, 6.07) is 1.66. The highest BCUT2D eigenvalue weighted by Crippen LogP contribution is 2.23. The van der Waals surface area contributed by atoms with Gasteiger partial charge < -0.3 is 15.7 Å². The highest BCUT2D eigenvalue weighted by Gasteiger charge is 2.22. The minimum absolute atomic E-state index is 0.0168. The highest BCUT2D eigenvalue weighted by atomic mass is 32.1. The van der Waals surface area contributed by atoms with Gasteiger partial charge in [0.15, 0.2) is 0 Å². The monoisotopic (exact) mass is 308 g/mol. The van der Waals surface area contributed by atoms with Gasteiger partial charge in [0.2, 0.25) is 5.91 Å². The molecular formula is C15H20N2O3S. The van der Waals surface area contributed by atoms with Crippen LogP contribution in [0.15, 0.2) is 6.07 Å². The third-order valence-electron chi connectivity index (χ3n) is 2.78. The van der Waals surface area contributed by atoms with Crippen LogP contribution in [0, 0.1) is 18.8 Å². The van der Waals surface area contributed by atoms with Crippen molar-refractivity contribution in [1.82, 2.24) is 4.90 Å². The molecule has 0 spiro atoms. The lowest BCUT2D eigenvalue weighted by Gasteiger charge is -2.24. The van der Waals surface area contributed by atoms with Crippen LogP contribution in [0.4, 0.5) is 0 Å². The SMILES string of the molecule is Cc1cc(C(=O)N(CC(N)=O)C(C)C)sc1C#CCCO. The van der Waals surface area contributed by atoms with Crippen LogP contribution in [0.5, 0.6) is 0 Å². The minimum Gasteiger partial charge on any atom is -0.395 e.